The third-order valence-corrected chi connectivity index (χ3v) is 2.04. The third-order valence-electron chi connectivity index (χ3n) is 2.04. The molecule has 0 N–H and O–H groups in total. The van der Waals surface area contributed by atoms with Gasteiger partial charge in [-0.2, -0.15) is 4.89 Å². The van der Waals surface area contributed by atoms with Gasteiger partial charge in [-0.1, -0.05) is 19.8 Å². The van der Waals surface area contributed by atoms with Gasteiger partial charge in [0.1, 0.15) is 5.60 Å². The van der Waals surface area contributed by atoms with Crippen LogP contribution in [0.4, 0.5) is 0 Å². The highest BCUT2D eigenvalue weighted by Crippen LogP contribution is 2.13. The van der Waals surface area contributed by atoms with Gasteiger partial charge in [0, 0.05) is 0 Å². The quantitative estimate of drug-likeness (QED) is 0.301. The van der Waals surface area contributed by atoms with Crippen LogP contribution in [0.2, 0.25) is 0 Å². The normalized spacial score (nSPS) is 13.6. The molecule has 0 aliphatic carbocycles. The highest BCUT2D eigenvalue weighted by atomic mass is 17.2. The fourth-order valence-electron chi connectivity index (χ4n) is 1.16. The maximum Gasteiger partial charge on any atom is 0.160 e. The first-order valence-corrected chi connectivity index (χ1v) is 7.34. The van der Waals surface area contributed by atoms with E-state index >= 15 is 0 Å². The van der Waals surface area contributed by atoms with Gasteiger partial charge < -0.3 is 0 Å². The smallest absolute Gasteiger partial charge is 0.160 e. The molecule has 0 saturated heterocycles. The Balaban J connectivity index is 4.26. The molecule has 0 aliphatic heterocycles. The van der Waals surface area contributed by atoms with E-state index in [0.29, 0.717) is 0 Å². The van der Waals surface area contributed by atoms with Crippen molar-refractivity contribution < 1.29 is 19.6 Å². The Hall–Kier alpha value is -0.760. The Morgan fingerprint density at radius 3 is 2.00 bits per heavy atom. The molecule has 0 amide bonds. The van der Waals surface area contributed by atoms with Crippen LogP contribution >= 0.6 is 0 Å². The summed E-state index contributed by atoms with van der Waals surface area (Å²) in [6.45, 7) is 13.6. The number of rotatable bonds is 7. The van der Waals surface area contributed by atoms with Crippen molar-refractivity contribution in [3.8, 4) is 12.0 Å². The summed E-state index contributed by atoms with van der Waals surface area (Å²) in [4.78, 5) is 20.6. The molecule has 0 aromatic rings. The molecule has 0 saturated carbocycles. The van der Waals surface area contributed by atoms with E-state index in [4.69, 9.17) is 19.6 Å². The molecule has 4 nitrogen and oxygen atoms in total. The minimum atomic E-state index is -0.380. The van der Waals surface area contributed by atoms with Crippen LogP contribution < -0.4 is 0 Å². The molecule has 0 rings (SSSR count). The molecule has 118 valence electrons. The highest BCUT2D eigenvalue weighted by molar-refractivity contribution is 4.99. The predicted octanol–water partition coefficient (Wildman–Crippen LogP) is 4.39. The van der Waals surface area contributed by atoms with Crippen molar-refractivity contribution in [2.45, 2.75) is 91.5 Å². The SMILES string of the molecule is CCCCCC(C#COOC(C)(C)C)OOC(C)(C)C. The van der Waals surface area contributed by atoms with Crippen LogP contribution in [0.3, 0.4) is 0 Å². The van der Waals surface area contributed by atoms with Gasteiger partial charge in [-0.25, -0.2) is 9.78 Å². The highest BCUT2D eigenvalue weighted by Gasteiger charge is 2.16. The maximum absolute atomic E-state index is 5.38. The summed E-state index contributed by atoms with van der Waals surface area (Å²) in [5.41, 5.74) is -0.734. The topological polar surface area (TPSA) is 36.9 Å². The van der Waals surface area contributed by atoms with E-state index in [2.05, 4.69) is 19.0 Å². The van der Waals surface area contributed by atoms with Gasteiger partial charge in [0.15, 0.2) is 12.2 Å². The zero-order chi connectivity index (χ0) is 15.6. The van der Waals surface area contributed by atoms with Gasteiger partial charge in [-0.15, -0.1) is 0 Å². The van der Waals surface area contributed by atoms with Crippen LogP contribution in [0.25, 0.3) is 0 Å². The van der Waals surface area contributed by atoms with E-state index in [1.54, 1.807) is 0 Å². The number of hydrogen-bond acceptors (Lipinski definition) is 4. The van der Waals surface area contributed by atoms with Crippen molar-refractivity contribution in [2.24, 2.45) is 0 Å². The average Bonchev–Trinajstić information content (AvgIpc) is 2.28. The summed E-state index contributed by atoms with van der Waals surface area (Å²) in [5, 5.41) is 0. The average molecular weight is 286 g/mol. The largest absolute Gasteiger partial charge is 0.282 e. The van der Waals surface area contributed by atoms with E-state index in [-0.39, 0.29) is 17.3 Å². The molecule has 1 unspecified atom stereocenters. The molecule has 0 aliphatic rings. The summed E-state index contributed by atoms with van der Waals surface area (Å²) in [6.07, 6.45) is 6.39. The Morgan fingerprint density at radius 1 is 0.900 bits per heavy atom. The van der Waals surface area contributed by atoms with E-state index in [1.165, 1.54) is 0 Å². The Kier molecular flexibility index (Phi) is 8.88. The molecule has 0 fully saturated rings. The maximum atomic E-state index is 5.38. The second-order valence-corrected chi connectivity index (χ2v) is 6.80. The van der Waals surface area contributed by atoms with Crippen LogP contribution in [-0.2, 0) is 19.6 Å². The molecule has 0 aromatic carbocycles. The minimum absolute atomic E-state index is 0.302. The fourth-order valence-corrected chi connectivity index (χ4v) is 1.16. The summed E-state index contributed by atoms with van der Waals surface area (Å²) in [7, 11) is 0. The molecular formula is C16H30O4. The van der Waals surface area contributed by atoms with Gasteiger partial charge in [0.2, 0.25) is 0 Å². The Bertz CT molecular complexity index is 301. The summed E-state index contributed by atoms with van der Waals surface area (Å²) in [6, 6.07) is 0. The molecule has 0 bridgehead atoms. The zero-order valence-electron chi connectivity index (χ0n) is 14.0. The summed E-state index contributed by atoms with van der Waals surface area (Å²) in [5.74, 6) is 2.88. The second kappa shape index (κ2) is 9.23. The Morgan fingerprint density at radius 2 is 1.50 bits per heavy atom. The van der Waals surface area contributed by atoms with Crippen LogP contribution in [0.1, 0.15) is 74.1 Å². The molecule has 0 spiro atoms. The standard InChI is InChI=1S/C16H30O4/c1-8-9-10-11-14(18-20-16(5,6)7)12-13-17-19-15(2,3)4/h14H,8-11H2,1-7H3. The molecular weight excluding hydrogens is 256 g/mol. The van der Waals surface area contributed by atoms with E-state index in [1.807, 2.05) is 41.5 Å². The van der Waals surface area contributed by atoms with Gasteiger partial charge >= 0.3 is 0 Å². The van der Waals surface area contributed by atoms with Gasteiger partial charge in [0.05, 0.1) is 5.60 Å². The van der Waals surface area contributed by atoms with Crippen molar-refractivity contribution >= 4 is 0 Å². The molecule has 0 radical (unpaired) electrons. The Labute approximate surface area is 124 Å². The lowest BCUT2D eigenvalue weighted by Gasteiger charge is -2.20. The number of hydrogen-bond donors (Lipinski definition) is 0. The lowest BCUT2D eigenvalue weighted by molar-refractivity contribution is -0.364. The van der Waals surface area contributed by atoms with Crippen LogP contribution in [0.15, 0.2) is 0 Å². The van der Waals surface area contributed by atoms with E-state index in [9.17, 15) is 0 Å². The van der Waals surface area contributed by atoms with E-state index < -0.39 is 0 Å². The van der Waals surface area contributed by atoms with Gasteiger partial charge in [-0.3, -0.25) is 4.89 Å². The van der Waals surface area contributed by atoms with Crippen LogP contribution in [-0.4, -0.2) is 17.3 Å². The van der Waals surface area contributed by atoms with Gasteiger partial charge in [0.25, 0.3) is 0 Å². The van der Waals surface area contributed by atoms with E-state index in [0.717, 1.165) is 25.7 Å². The molecule has 0 heterocycles. The third kappa shape index (κ3) is 13.7. The monoisotopic (exact) mass is 286 g/mol. The van der Waals surface area contributed by atoms with Crippen molar-refractivity contribution in [1.29, 1.82) is 0 Å². The first kappa shape index (κ1) is 19.2. The first-order chi connectivity index (χ1) is 9.14. The predicted molar refractivity (Wildman–Crippen MR) is 79.6 cm³/mol. The molecule has 1 atom stereocenters. The zero-order valence-corrected chi connectivity index (χ0v) is 14.0. The summed E-state index contributed by atoms with van der Waals surface area (Å²) < 4.78 is 0. The molecule has 20 heavy (non-hydrogen) atoms. The number of unbranched alkanes of at least 4 members (excludes halogenated alkanes) is 2. The lowest BCUT2D eigenvalue weighted by Crippen LogP contribution is -2.24. The molecule has 4 heteroatoms. The first-order valence-electron chi connectivity index (χ1n) is 7.34. The van der Waals surface area contributed by atoms with Crippen LogP contribution in [0, 0.1) is 12.0 Å². The van der Waals surface area contributed by atoms with Crippen molar-refractivity contribution in [3.63, 3.8) is 0 Å². The van der Waals surface area contributed by atoms with Crippen molar-refractivity contribution in [2.75, 3.05) is 0 Å². The molecule has 0 aromatic heterocycles. The minimum Gasteiger partial charge on any atom is -0.282 e. The van der Waals surface area contributed by atoms with Crippen molar-refractivity contribution in [3.05, 3.63) is 0 Å². The van der Waals surface area contributed by atoms with Gasteiger partial charge in [-0.05, 0) is 60.3 Å². The fraction of sp³-hybridized carbons (Fsp3) is 0.875. The second-order valence-electron chi connectivity index (χ2n) is 6.80. The summed E-state index contributed by atoms with van der Waals surface area (Å²) >= 11 is 0. The van der Waals surface area contributed by atoms with Crippen LogP contribution in [0.5, 0.6) is 0 Å². The van der Waals surface area contributed by atoms with Crippen molar-refractivity contribution in [1.82, 2.24) is 0 Å². The lowest BCUT2D eigenvalue weighted by atomic mass is 10.1.